The molecule has 2 aromatic rings. The standard InChI is InChI=1S/C12H15N3O2S/c1-8-3-4-10(17-8)11-9(7-15(2)14-11)12(16)13-5-6-18/h3-4,7,18H,5-6H2,1-2H3,(H,13,16). The SMILES string of the molecule is Cc1ccc(-c2nn(C)cc2C(=O)NCCS)o1. The van der Waals surface area contributed by atoms with Crippen LogP contribution in [0, 0.1) is 6.92 Å². The zero-order valence-corrected chi connectivity index (χ0v) is 11.2. The number of hydrogen-bond donors (Lipinski definition) is 2. The van der Waals surface area contributed by atoms with Gasteiger partial charge in [0.05, 0.1) is 5.56 Å². The van der Waals surface area contributed by atoms with Gasteiger partial charge in [0.15, 0.2) is 5.76 Å². The molecule has 0 saturated heterocycles. The Morgan fingerprint density at radius 3 is 2.94 bits per heavy atom. The summed E-state index contributed by atoms with van der Waals surface area (Å²) >= 11 is 4.06. The van der Waals surface area contributed by atoms with E-state index >= 15 is 0 Å². The lowest BCUT2D eigenvalue weighted by atomic mass is 10.2. The molecule has 2 heterocycles. The van der Waals surface area contributed by atoms with Crippen molar-refractivity contribution in [1.29, 1.82) is 0 Å². The van der Waals surface area contributed by atoms with Crippen LogP contribution >= 0.6 is 12.6 Å². The Bertz CT molecular complexity index is 559. The minimum Gasteiger partial charge on any atom is -0.460 e. The van der Waals surface area contributed by atoms with Gasteiger partial charge in [-0.05, 0) is 19.1 Å². The van der Waals surface area contributed by atoms with E-state index in [1.54, 1.807) is 17.9 Å². The Hall–Kier alpha value is -1.69. The van der Waals surface area contributed by atoms with Gasteiger partial charge in [-0.25, -0.2) is 0 Å². The summed E-state index contributed by atoms with van der Waals surface area (Å²) in [6.45, 7) is 2.38. The Labute approximate surface area is 111 Å². The van der Waals surface area contributed by atoms with Gasteiger partial charge in [0, 0.05) is 25.5 Å². The molecule has 2 aromatic heterocycles. The molecular weight excluding hydrogens is 250 g/mol. The van der Waals surface area contributed by atoms with Crippen molar-refractivity contribution < 1.29 is 9.21 Å². The van der Waals surface area contributed by atoms with Gasteiger partial charge in [-0.2, -0.15) is 17.7 Å². The maximum Gasteiger partial charge on any atom is 0.255 e. The summed E-state index contributed by atoms with van der Waals surface area (Å²) in [7, 11) is 1.77. The normalized spacial score (nSPS) is 10.6. The molecule has 96 valence electrons. The van der Waals surface area contributed by atoms with Gasteiger partial charge in [-0.3, -0.25) is 9.48 Å². The van der Waals surface area contributed by atoms with Gasteiger partial charge >= 0.3 is 0 Å². The Morgan fingerprint density at radius 1 is 1.56 bits per heavy atom. The summed E-state index contributed by atoms with van der Waals surface area (Å²) in [5.74, 6) is 1.82. The van der Waals surface area contributed by atoms with Crippen molar-refractivity contribution in [2.75, 3.05) is 12.3 Å². The second kappa shape index (κ2) is 5.30. The van der Waals surface area contributed by atoms with Gasteiger partial charge in [0.2, 0.25) is 0 Å². The van der Waals surface area contributed by atoms with Gasteiger partial charge in [0.1, 0.15) is 11.5 Å². The van der Waals surface area contributed by atoms with Crippen LogP contribution < -0.4 is 5.32 Å². The van der Waals surface area contributed by atoms with Crippen LogP contribution in [0.2, 0.25) is 0 Å². The maximum absolute atomic E-state index is 12.0. The number of rotatable bonds is 4. The summed E-state index contributed by atoms with van der Waals surface area (Å²) in [4.78, 5) is 12.0. The van der Waals surface area contributed by atoms with E-state index in [9.17, 15) is 4.79 Å². The fraction of sp³-hybridized carbons (Fsp3) is 0.333. The molecule has 0 radical (unpaired) electrons. The number of carbonyl (C=O) groups is 1. The van der Waals surface area contributed by atoms with Crippen LogP contribution in [0.25, 0.3) is 11.5 Å². The number of amides is 1. The second-order valence-electron chi connectivity index (χ2n) is 3.95. The number of nitrogens with zero attached hydrogens (tertiary/aromatic N) is 2. The first kappa shape index (κ1) is 12.8. The van der Waals surface area contributed by atoms with E-state index in [0.29, 0.717) is 29.3 Å². The molecule has 6 heteroatoms. The summed E-state index contributed by atoms with van der Waals surface area (Å²) in [5, 5.41) is 7.03. The highest BCUT2D eigenvalue weighted by Crippen LogP contribution is 2.23. The van der Waals surface area contributed by atoms with E-state index in [4.69, 9.17) is 4.42 Å². The molecule has 0 unspecified atom stereocenters. The zero-order valence-electron chi connectivity index (χ0n) is 10.3. The number of carbonyl (C=O) groups excluding carboxylic acids is 1. The summed E-state index contributed by atoms with van der Waals surface area (Å²) in [6, 6.07) is 3.66. The van der Waals surface area contributed by atoms with Crippen LogP contribution in [0.3, 0.4) is 0 Å². The van der Waals surface area contributed by atoms with Crippen LogP contribution in [-0.4, -0.2) is 28.0 Å². The Morgan fingerprint density at radius 2 is 2.33 bits per heavy atom. The molecule has 2 rings (SSSR count). The lowest BCUT2D eigenvalue weighted by Crippen LogP contribution is -2.25. The van der Waals surface area contributed by atoms with Crippen molar-refractivity contribution in [2.24, 2.45) is 7.05 Å². The monoisotopic (exact) mass is 265 g/mol. The average Bonchev–Trinajstić information content (AvgIpc) is 2.92. The molecule has 0 spiro atoms. The molecule has 0 aliphatic heterocycles. The zero-order chi connectivity index (χ0) is 13.1. The molecular formula is C12H15N3O2S. The molecule has 5 nitrogen and oxygen atoms in total. The van der Waals surface area contributed by atoms with E-state index in [-0.39, 0.29) is 5.91 Å². The molecule has 0 aliphatic carbocycles. The van der Waals surface area contributed by atoms with Crippen molar-refractivity contribution in [3.05, 3.63) is 29.7 Å². The number of thiol groups is 1. The third kappa shape index (κ3) is 2.59. The number of nitrogens with one attached hydrogen (secondary N) is 1. The molecule has 0 aromatic carbocycles. The largest absolute Gasteiger partial charge is 0.460 e. The first-order chi connectivity index (χ1) is 8.61. The first-order valence-electron chi connectivity index (χ1n) is 5.61. The van der Waals surface area contributed by atoms with Crippen molar-refractivity contribution in [3.63, 3.8) is 0 Å². The smallest absolute Gasteiger partial charge is 0.255 e. The molecule has 0 saturated carbocycles. The maximum atomic E-state index is 12.0. The van der Waals surface area contributed by atoms with E-state index in [1.165, 1.54) is 0 Å². The first-order valence-corrected chi connectivity index (χ1v) is 6.24. The molecule has 0 fully saturated rings. The molecule has 0 bridgehead atoms. The van der Waals surface area contributed by atoms with Crippen LogP contribution in [0.15, 0.2) is 22.7 Å². The van der Waals surface area contributed by atoms with E-state index < -0.39 is 0 Å². The number of aryl methyl sites for hydroxylation is 2. The van der Waals surface area contributed by atoms with Gasteiger partial charge in [-0.15, -0.1) is 0 Å². The highest BCUT2D eigenvalue weighted by Gasteiger charge is 2.18. The number of hydrogen-bond acceptors (Lipinski definition) is 4. The third-order valence-electron chi connectivity index (χ3n) is 2.44. The summed E-state index contributed by atoms with van der Waals surface area (Å²) < 4.78 is 7.11. The lowest BCUT2D eigenvalue weighted by Gasteiger charge is -2.01. The highest BCUT2D eigenvalue weighted by molar-refractivity contribution is 7.80. The quantitative estimate of drug-likeness (QED) is 0.826. The van der Waals surface area contributed by atoms with Crippen LogP contribution in [0.1, 0.15) is 16.1 Å². The summed E-state index contributed by atoms with van der Waals surface area (Å²) in [5.41, 5.74) is 1.07. The molecule has 18 heavy (non-hydrogen) atoms. The minimum atomic E-state index is -0.166. The summed E-state index contributed by atoms with van der Waals surface area (Å²) in [6.07, 6.45) is 1.68. The molecule has 1 amide bonds. The van der Waals surface area contributed by atoms with Crippen molar-refractivity contribution in [1.82, 2.24) is 15.1 Å². The molecule has 0 atom stereocenters. The van der Waals surface area contributed by atoms with Crippen LogP contribution in [0.4, 0.5) is 0 Å². The van der Waals surface area contributed by atoms with Gasteiger partial charge in [-0.1, -0.05) is 0 Å². The fourth-order valence-corrected chi connectivity index (χ4v) is 1.77. The van der Waals surface area contributed by atoms with E-state index in [2.05, 4.69) is 23.0 Å². The molecule has 1 N–H and O–H groups in total. The number of aromatic nitrogens is 2. The van der Waals surface area contributed by atoms with Crippen molar-refractivity contribution >= 4 is 18.5 Å². The van der Waals surface area contributed by atoms with Crippen LogP contribution in [-0.2, 0) is 7.05 Å². The fourth-order valence-electron chi connectivity index (χ4n) is 1.66. The van der Waals surface area contributed by atoms with Gasteiger partial charge in [0.25, 0.3) is 5.91 Å². The topological polar surface area (TPSA) is 60.1 Å². The Kier molecular flexibility index (Phi) is 3.76. The van der Waals surface area contributed by atoms with E-state index in [1.807, 2.05) is 19.1 Å². The lowest BCUT2D eigenvalue weighted by molar-refractivity contribution is 0.0956. The van der Waals surface area contributed by atoms with Crippen molar-refractivity contribution in [2.45, 2.75) is 6.92 Å². The highest BCUT2D eigenvalue weighted by atomic mass is 32.1. The average molecular weight is 265 g/mol. The van der Waals surface area contributed by atoms with Crippen molar-refractivity contribution in [3.8, 4) is 11.5 Å². The third-order valence-corrected chi connectivity index (χ3v) is 2.67. The predicted octanol–water partition coefficient (Wildman–Crippen LogP) is 1.65. The van der Waals surface area contributed by atoms with Gasteiger partial charge < -0.3 is 9.73 Å². The molecule has 0 aliphatic rings. The minimum absolute atomic E-state index is 0.166. The number of furan rings is 1. The predicted molar refractivity (Wildman–Crippen MR) is 71.8 cm³/mol. The Balaban J connectivity index is 2.33. The van der Waals surface area contributed by atoms with Crippen LogP contribution in [0.5, 0.6) is 0 Å². The van der Waals surface area contributed by atoms with E-state index in [0.717, 1.165) is 5.76 Å². The second-order valence-corrected chi connectivity index (χ2v) is 4.40.